The van der Waals surface area contributed by atoms with Crippen LogP contribution in [0.25, 0.3) is 49.7 Å². The first-order chi connectivity index (χ1) is 30.8. The van der Waals surface area contributed by atoms with Gasteiger partial charge in [-0.15, -0.1) is 0 Å². The Bertz CT molecular complexity index is 3300. The van der Waals surface area contributed by atoms with E-state index in [2.05, 4.69) is 254 Å². The minimum absolute atomic E-state index is 0.134. The molecule has 0 N–H and O–H groups in total. The number of anilines is 6. The lowest BCUT2D eigenvalue weighted by Crippen LogP contribution is -2.15. The van der Waals surface area contributed by atoms with Crippen molar-refractivity contribution in [2.24, 2.45) is 0 Å². The topological polar surface area (TPSA) is 11.4 Å². The van der Waals surface area contributed by atoms with E-state index in [1.165, 1.54) is 66.3 Å². The van der Waals surface area contributed by atoms with Crippen LogP contribution in [0.3, 0.4) is 0 Å². The molecule has 10 aromatic rings. The Hall–Kier alpha value is -7.62. The molecule has 0 spiro atoms. The summed E-state index contributed by atoms with van der Waals surface area (Å²) in [7, 11) is 0. The summed E-state index contributed by atoms with van der Waals surface area (Å²) in [5.74, 6) is 0. The van der Waals surface area contributed by atoms with Gasteiger partial charge in [0.05, 0.1) is 11.0 Å². The Balaban J connectivity index is 1.09. The summed E-state index contributed by atoms with van der Waals surface area (Å²) < 4.78 is 2.53. The van der Waals surface area contributed by atoms with Gasteiger partial charge in [-0.1, -0.05) is 137 Å². The molecule has 12 rings (SSSR count). The van der Waals surface area contributed by atoms with Gasteiger partial charge in [0.2, 0.25) is 0 Å². The lowest BCUT2D eigenvalue weighted by molar-refractivity contribution is 0.660. The summed E-state index contributed by atoms with van der Waals surface area (Å²) in [5.41, 5.74) is 20.8. The van der Waals surface area contributed by atoms with Crippen molar-refractivity contribution in [3.63, 3.8) is 0 Å². The molecule has 0 aliphatic heterocycles. The Morgan fingerprint density at radius 1 is 0.302 bits per heavy atom. The van der Waals surface area contributed by atoms with Gasteiger partial charge in [0, 0.05) is 61.4 Å². The quantitative estimate of drug-likeness (QED) is 0.159. The highest BCUT2D eigenvalue weighted by Crippen LogP contribution is 2.54. The van der Waals surface area contributed by atoms with Crippen molar-refractivity contribution in [1.29, 1.82) is 0 Å². The molecule has 0 unspecified atom stereocenters. The van der Waals surface area contributed by atoms with Gasteiger partial charge >= 0.3 is 0 Å². The molecular formula is C60H47N3. The molecule has 0 saturated carbocycles. The molecule has 1 heterocycles. The second-order valence-electron chi connectivity index (χ2n) is 18.2. The smallest absolute Gasteiger partial charge is 0.0544 e. The van der Waals surface area contributed by atoms with E-state index in [1.54, 1.807) is 0 Å². The Kier molecular flexibility index (Phi) is 8.23. The number of aromatic nitrogens is 1. The minimum Gasteiger partial charge on any atom is -0.310 e. The van der Waals surface area contributed by atoms with Crippen molar-refractivity contribution in [2.45, 2.75) is 38.5 Å². The first-order valence-corrected chi connectivity index (χ1v) is 22.1. The van der Waals surface area contributed by atoms with Crippen LogP contribution in [0.15, 0.2) is 212 Å². The van der Waals surface area contributed by atoms with Crippen molar-refractivity contribution in [3.8, 4) is 27.9 Å². The number of hydrogen-bond acceptors (Lipinski definition) is 2. The standard InChI is InChI=1S/C60H47N3/c1-59(2)54-32-29-44(61(40-19-9-5-10-20-40)41-21-11-6-12-22-41)35-48(54)49-36-46(30-33-55(49)59)63-57-34-31-45(62(42-23-13-7-14-24-42)43-25-15-8-16-26-43)37-51(57)52-38-50-47-27-17-18-28-53(47)60(3,4)56(50)39-58(52)63/h5-39H,1-4H3. The van der Waals surface area contributed by atoms with Gasteiger partial charge in [-0.3, -0.25) is 0 Å². The van der Waals surface area contributed by atoms with Crippen LogP contribution in [0.4, 0.5) is 34.1 Å². The highest BCUT2D eigenvalue weighted by molar-refractivity contribution is 6.13. The number of benzene rings is 9. The van der Waals surface area contributed by atoms with Crippen molar-refractivity contribution >= 4 is 55.9 Å². The fourth-order valence-electron chi connectivity index (χ4n) is 10.8. The van der Waals surface area contributed by atoms with Crippen molar-refractivity contribution in [2.75, 3.05) is 9.80 Å². The average molecular weight is 810 g/mol. The van der Waals surface area contributed by atoms with E-state index in [9.17, 15) is 0 Å². The fraction of sp³-hybridized carbons (Fsp3) is 0.100. The normalized spacial score (nSPS) is 14.0. The molecule has 0 amide bonds. The molecule has 0 saturated heterocycles. The van der Waals surface area contributed by atoms with Gasteiger partial charge in [-0.25, -0.2) is 0 Å². The number of para-hydroxylation sites is 4. The van der Waals surface area contributed by atoms with Crippen LogP contribution < -0.4 is 9.80 Å². The SMILES string of the molecule is CC1(C)c2ccc(N(c3ccccc3)c3ccccc3)cc2-c2cc(-n3c4ccc(N(c5ccccc5)c5ccccc5)cc4c4cc5c(cc43)C(C)(C)c3ccccc3-5)ccc21. The summed E-state index contributed by atoms with van der Waals surface area (Å²) in [4.78, 5) is 4.74. The molecule has 0 fully saturated rings. The summed E-state index contributed by atoms with van der Waals surface area (Å²) in [6.07, 6.45) is 0. The van der Waals surface area contributed by atoms with Gasteiger partial charge in [0.15, 0.2) is 0 Å². The summed E-state index contributed by atoms with van der Waals surface area (Å²) >= 11 is 0. The van der Waals surface area contributed by atoms with Gasteiger partial charge < -0.3 is 14.4 Å². The van der Waals surface area contributed by atoms with Gasteiger partial charge in [0.25, 0.3) is 0 Å². The first kappa shape index (κ1) is 37.2. The molecule has 1 aromatic heterocycles. The van der Waals surface area contributed by atoms with E-state index in [1.807, 2.05) is 0 Å². The fourth-order valence-corrected chi connectivity index (χ4v) is 10.8. The highest BCUT2D eigenvalue weighted by Gasteiger charge is 2.38. The van der Waals surface area contributed by atoms with Crippen molar-refractivity contribution < 1.29 is 0 Å². The third-order valence-electron chi connectivity index (χ3n) is 13.9. The van der Waals surface area contributed by atoms with E-state index in [4.69, 9.17) is 0 Å². The predicted octanol–water partition coefficient (Wildman–Crippen LogP) is 16.3. The van der Waals surface area contributed by atoms with E-state index in [0.29, 0.717) is 0 Å². The molecule has 3 nitrogen and oxygen atoms in total. The zero-order chi connectivity index (χ0) is 42.5. The molecule has 2 aliphatic carbocycles. The van der Waals surface area contributed by atoms with Gasteiger partial charge in [-0.2, -0.15) is 0 Å². The van der Waals surface area contributed by atoms with Crippen LogP contribution in [0.2, 0.25) is 0 Å². The predicted molar refractivity (Wildman–Crippen MR) is 265 cm³/mol. The molecule has 9 aromatic carbocycles. The maximum Gasteiger partial charge on any atom is 0.0544 e. The average Bonchev–Trinajstić information content (AvgIpc) is 3.85. The van der Waals surface area contributed by atoms with Crippen LogP contribution in [0.5, 0.6) is 0 Å². The lowest BCUT2D eigenvalue weighted by atomic mass is 9.82. The number of nitrogens with zero attached hydrogens (tertiary/aromatic N) is 3. The molecule has 2 aliphatic rings. The van der Waals surface area contributed by atoms with E-state index in [-0.39, 0.29) is 10.8 Å². The van der Waals surface area contributed by atoms with E-state index >= 15 is 0 Å². The van der Waals surface area contributed by atoms with E-state index < -0.39 is 0 Å². The first-order valence-electron chi connectivity index (χ1n) is 22.1. The third kappa shape index (κ3) is 5.66. The van der Waals surface area contributed by atoms with Gasteiger partial charge in [0.1, 0.15) is 0 Å². The largest absolute Gasteiger partial charge is 0.310 e. The Morgan fingerprint density at radius 3 is 1.32 bits per heavy atom. The summed E-state index contributed by atoms with van der Waals surface area (Å²) in [6, 6.07) is 78.1. The number of hydrogen-bond donors (Lipinski definition) is 0. The second kappa shape index (κ2) is 14.0. The van der Waals surface area contributed by atoms with Crippen LogP contribution in [0.1, 0.15) is 49.9 Å². The Labute approximate surface area is 369 Å². The zero-order valence-corrected chi connectivity index (χ0v) is 36.0. The van der Waals surface area contributed by atoms with Crippen molar-refractivity contribution in [1.82, 2.24) is 4.57 Å². The number of rotatable bonds is 7. The van der Waals surface area contributed by atoms with Gasteiger partial charge in [-0.05, 0) is 148 Å². The zero-order valence-electron chi connectivity index (χ0n) is 36.0. The third-order valence-corrected chi connectivity index (χ3v) is 13.9. The molecular weight excluding hydrogens is 763 g/mol. The number of fused-ring (bicyclic) bond motifs is 9. The molecule has 302 valence electrons. The van der Waals surface area contributed by atoms with Crippen molar-refractivity contribution in [3.05, 3.63) is 235 Å². The Morgan fingerprint density at radius 2 is 0.730 bits per heavy atom. The van der Waals surface area contributed by atoms with Crippen LogP contribution in [-0.4, -0.2) is 4.57 Å². The monoisotopic (exact) mass is 809 g/mol. The molecule has 0 radical (unpaired) electrons. The molecule has 63 heavy (non-hydrogen) atoms. The summed E-state index contributed by atoms with van der Waals surface area (Å²) in [5, 5.41) is 2.48. The van der Waals surface area contributed by atoms with Crippen LogP contribution >= 0.6 is 0 Å². The maximum absolute atomic E-state index is 2.53. The summed E-state index contributed by atoms with van der Waals surface area (Å²) in [6.45, 7) is 9.51. The van der Waals surface area contributed by atoms with E-state index in [0.717, 1.165) is 39.8 Å². The highest BCUT2D eigenvalue weighted by atomic mass is 15.1. The lowest BCUT2D eigenvalue weighted by Gasteiger charge is -2.27. The second-order valence-corrected chi connectivity index (χ2v) is 18.2. The maximum atomic E-state index is 2.53. The van der Waals surface area contributed by atoms with Crippen LogP contribution in [-0.2, 0) is 10.8 Å². The molecule has 0 bridgehead atoms. The van der Waals surface area contributed by atoms with Crippen LogP contribution in [0, 0.1) is 0 Å². The minimum atomic E-state index is -0.156. The molecule has 3 heteroatoms. The molecule has 0 atom stereocenters.